The van der Waals surface area contributed by atoms with E-state index in [4.69, 9.17) is 58.0 Å². The minimum Gasteiger partial charge on any atom is -0.276 e. The molecule has 19 heavy (non-hydrogen) atoms. The molecular formula is C10HCl5O4. The summed E-state index contributed by atoms with van der Waals surface area (Å²) in [6, 6.07) is 0.835. The normalized spacial score (nSPS) is 10.2. The molecule has 1 aromatic rings. The third kappa shape index (κ3) is 3.27. The highest BCUT2D eigenvalue weighted by Gasteiger charge is 2.28. The lowest BCUT2D eigenvalue weighted by Gasteiger charge is -2.10. The van der Waals surface area contributed by atoms with Gasteiger partial charge in [0.2, 0.25) is 0 Å². The highest BCUT2D eigenvalue weighted by Crippen LogP contribution is 2.32. The van der Waals surface area contributed by atoms with E-state index in [0.717, 1.165) is 6.07 Å². The van der Waals surface area contributed by atoms with Gasteiger partial charge in [0.25, 0.3) is 21.0 Å². The van der Waals surface area contributed by atoms with Gasteiger partial charge in [-0.2, -0.15) is 0 Å². The van der Waals surface area contributed by atoms with Crippen LogP contribution in [0.1, 0.15) is 41.4 Å². The molecule has 0 unspecified atom stereocenters. The van der Waals surface area contributed by atoms with Gasteiger partial charge in [-0.15, -0.1) is 0 Å². The van der Waals surface area contributed by atoms with E-state index in [0.29, 0.717) is 0 Å². The summed E-state index contributed by atoms with van der Waals surface area (Å²) in [6.07, 6.45) is 0. The predicted molar refractivity (Wildman–Crippen MR) is 72.2 cm³/mol. The second kappa shape index (κ2) is 6.20. The maximum atomic E-state index is 11.2. The van der Waals surface area contributed by atoms with Gasteiger partial charge in [-0.1, -0.05) is 11.6 Å². The molecule has 0 aliphatic carbocycles. The Hall–Kier alpha value is -0.650. The molecule has 0 fully saturated rings. The molecule has 0 heterocycles. The first-order chi connectivity index (χ1) is 8.68. The minimum atomic E-state index is -1.14. The zero-order chi connectivity index (χ0) is 14.9. The van der Waals surface area contributed by atoms with Crippen molar-refractivity contribution in [2.75, 3.05) is 0 Å². The molecule has 1 rings (SSSR count). The van der Waals surface area contributed by atoms with Gasteiger partial charge in [0, 0.05) is 11.1 Å². The van der Waals surface area contributed by atoms with Crippen LogP contribution in [0, 0.1) is 0 Å². The zero-order valence-corrected chi connectivity index (χ0v) is 12.4. The van der Waals surface area contributed by atoms with Crippen molar-refractivity contribution in [3.8, 4) is 0 Å². The summed E-state index contributed by atoms with van der Waals surface area (Å²) in [5, 5.41) is -5.03. The summed E-state index contributed by atoms with van der Waals surface area (Å²) in [4.78, 5) is 44.9. The van der Waals surface area contributed by atoms with Gasteiger partial charge in [-0.05, 0) is 52.5 Å². The topological polar surface area (TPSA) is 68.3 Å². The highest BCUT2D eigenvalue weighted by molar-refractivity contribution is 6.75. The molecule has 0 aliphatic heterocycles. The fourth-order valence-corrected chi connectivity index (χ4v) is 2.51. The first-order valence-corrected chi connectivity index (χ1v) is 6.23. The van der Waals surface area contributed by atoms with Crippen LogP contribution in [0.3, 0.4) is 0 Å². The van der Waals surface area contributed by atoms with Crippen LogP contribution < -0.4 is 0 Å². The van der Waals surface area contributed by atoms with Gasteiger partial charge in [0.05, 0.1) is 16.1 Å². The van der Waals surface area contributed by atoms with Gasteiger partial charge >= 0.3 is 0 Å². The van der Waals surface area contributed by atoms with Crippen LogP contribution in [0.25, 0.3) is 0 Å². The molecule has 0 saturated heterocycles. The lowest BCUT2D eigenvalue weighted by molar-refractivity contribution is 0.104. The zero-order valence-electron chi connectivity index (χ0n) is 8.60. The molecule has 0 atom stereocenters. The van der Waals surface area contributed by atoms with Gasteiger partial charge in [0.1, 0.15) is 0 Å². The smallest absolute Gasteiger partial charge is 0.254 e. The highest BCUT2D eigenvalue weighted by atomic mass is 35.5. The second-order valence-corrected chi connectivity index (χ2v) is 4.88. The predicted octanol–water partition coefficient (Wildman–Crippen LogP) is 3.86. The Labute approximate surface area is 131 Å². The van der Waals surface area contributed by atoms with Crippen LogP contribution >= 0.6 is 58.0 Å². The fourth-order valence-electron chi connectivity index (χ4n) is 1.34. The third-order valence-corrected chi connectivity index (χ3v) is 3.25. The standard InChI is InChI=1S/C10HCl5O4/c11-6-4(9(14)18)2(7(12)16)1-3(8(13)17)5(6)10(15)19/h1H. The van der Waals surface area contributed by atoms with E-state index >= 15 is 0 Å². The summed E-state index contributed by atoms with van der Waals surface area (Å²) in [6.45, 7) is 0. The Morgan fingerprint density at radius 1 is 0.684 bits per heavy atom. The Bertz CT molecular complexity index is 573. The fraction of sp³-hybridized carbons (Fsp3) is 0. The summed E-state index contributed by atoms with van der Waals surface area (Å²) in [5.74, 6) is 0. The van der Waals surface area contributed by atoms with Gasteiger partial charge in [-0.3, -0.25) is 19.2 Å². The second-order valence-electron chi connectivity index (χ2n) is 3.13. The number of hydrogen-bond donors (Lipinski definition) is 0. The average Bonchev–Trinajstić information content (AvgIpc) is 2.25. The van der Waals surface area contributed by atoms with Crippen LogP contribution in [0.2, 0.25) is 5.02 Å². The summed E-state index contributed by atoms with van der Waals surface area (Å²) >= 11 is 26.8. The molecular weight excluding hydrogens is 361 g/mol. The maximum Gasteiger partial charge on any atom is 0.254 e. The molecule has 0 N–H and O–H groups in total. The van der Waals surface area contributed by atoms with Crippen molar-refractivity contribution in [3.05, 3.63) is 33.3 Å². The largest absolute Gasteiger partial charge is 0.276 e. The lowest BCUT2D eigenvalue weighted by atomic mass is 10.00. The molecule has 0 aliphatic rings. The van der Waals surface area contributed by atoms with Crippen LogP contribution in [-0.2, 0) is 0 Å². The van der Waals surface area contributed by atoms with Crippen LogP contribution in [-0.4, -0.2) is 21.0 Å². The van der Waals surface area contributed by atoms with Crippen molar-refractivity contribution in [2.45, 2.75) is 0 Å². The Morgan fingerprint density at radius 3 is 1.21 bits per heavy atom. The van der Waals surface area contributed by atoms with E-state index in [1.165, 1.54) is 0 Å². The molecule has 0 amide bonds. The molecule has 100 valence electrons. The molecule has 1 aromatic carbocycles. The van der Waals surface area contributed by atoms with Gasteiger partial charge in [-0.25, -0.2) is 0 Å². The molecule has 0 saturated carbocycles. The van der Waals surface area contributed by atoms with E-state index in [1.807, 2.05) is 0 Å². The van der Waals surface area contributed by atoms with Crippen LogP contribution in [0.15, 0.2) is 6.07 Å². The summed E-state index contributed by atoms with van der Waals surface area (Å²) in [7, 11) is 0. The number of carbonyl (C=O) groups is 4. The van der Waals surface area contributed by atoms with E-state index in [9.17, 15) is 19.2 Å². The maximum absolute atomic E-state index is 11.2. The first-order valence-electron chi connectivity index (χ1n) is 4.34. The van der Waals surface area contributed by atoms with E-state index in [2.05, 4.69) is 0 Å². The molecule has 0 spiro atoms. The minimum absolute atomic E-state index is 0.447. The van der Waals surface area contributed by atoms with E-state index in [-0.39, 0.29) is 0 Å². The Kier molecular flexibility index (Phi) is 5.35. The average molecular weight is 362 g/mol. The van der Waals surface area contributed by atoms with Crippen LogP contribution in [0.5, 0.6) is 0 Å². The van der Waals surface area contributed by atoms with Crippen molar-refractivity contribution in [3.63, 3.8) is 0 Å². The van der Waals surface area contributed by atoms with E-state index < -0.39 is 48.2 Å². The third-order valence-electron chi connectivity index (χ3n) is 2.08. The van der Waals surface area contributed by atoms with E-state index in [1.54, 1.807) is 0 Å². The molecule has 0 radical (unpaired) electrons. The van der Waals surface area contributed by atoms with Crippen molar-refractivity contribution in [1.29, 1.82) is 0 Å². The quantitative estimate of drug-likeness (QED) is 0.763. The number of halogens is 5. The lowest BCUT2D eigenvalue weighted by Crippen LogP contribution is -2.11. The molecule has 4 nitrogen and oxygen atoms in total. The number of carbonyl (C=O) groups excluding carboxylic acids is 4. The number of hydrogen-bond acceptors (Lipinski definition) is 4. The van der Waals surface area contributed by atoms with Crippen molar-refractivity contribution >= 4 is 79.0 Å². The van der Waals surface area contributed by atoms with Crippen LogP contribution in [0.4, 0.5) is 0 Å². The number of rotatable bonds is 4. The number of benzene rings is 1. The SMILES string of the molecule is O=C(Cl)c1cc(C(=O)Cl)c(C(=O)Cl)c(Cl)c1C(=O)Cl. The monoisotopic (exact) mass is 360 g/mol. The summed E-state index contributed by atoms with van der Waals surface area (Å²) < 4.78 is 0. The molecule has 0 aromatic heterocycles. The van der Waals surface area contributed by atoms with Gasteiger partial charge < -0.3 is 0 Å². The molecule has 0 bridgehead atoms. The molecule has 9 heteroatoms. The Morgan fingerprint density at radius 2 is 1.00 bits per heavy atom. The first kappa shape index (κ1) is 16.4. The van der Waals surface area contributed by atoms with Crippen molar-refractivity contribution < 1.29 is 19.2 Å². The Balaban J connectivity index is 3.91. The van der Waals surface area contributed by atoms with Crippen molar-refractivity contribution in [2.24, 2.45) is 0 Å². The van der Waals surface area contributed by atoms with Gasteiger partial charge in [0.15, 0.2) is 0 Å². The van der Waals surface area contributed by atoms with Crippen molar-refractivity contribution in [1.82, 2.24) is 0 Å². The summed E-state index contributed by atoms with van der Waals surface area (Å²) in [5.41, 5.74) is -1.93.